The summed E-state index contributed by atoms with van der Waals surface area (Å²) >= 11 is 0. The fourth-order valence-electron chi connectivity index (χ4n) is 4.56. The molecular formula is C32H57NO8. The van der Waals surface area contributed by atoms with E-state index in [-0.39, 0.29) is 18.9 Å². The van der Waals surface area contributed by atoms with Crippen LogP contribution in [-0.4, -0.2) is 87.5 Å². The van der Waals surface area contributed by atoms with Crippen LogP contribution in [-0.2, 0) is 14.3 Å². The minimum atomic E-state index is -1.57. The molecule has 0 aromatic carbocycles. The molecule has 0 aliphatic carbocycles. The van der Waals surface area contributed by atoms with Crippen molar-refractivity contribution in [2.24, 2.45) is 0 Å². The number of carbonyl (C=O) groups excluding carboxylic acids is 1. The van der Waals surface area contributed by atoms with Crippen molar-refractivity contribution in [3.8, 4) is 0 Å². The summed E-state index contributed by atoms with van der Waals surface area (Å²) < 4.78 is 10.9. The zero-order valence-corrected chi connectivity index (χ0v) is 25.3. The van der Waals surface area contributed by atoms with E-state index in [4.69, 9.17) is 9.47 Å². The predicted molar refractivity (Wildman–Crippen MR) is 161 cm³/mol. The van der Waals surface area contributed by atoms with E-state index in [1.807, 2.05) is 6.08 Å². The Bertz CT molecular complexity index is 741. The summed E-state index contributed by atoms with van der Waals surface area (Å²) in [6.45, 7) is 3.15. The van der Waals surface area contributed by atoms with E-state index >= 15 is 0 Å². The van der Waals surface area contributed by atoms with Gasteiger partial charge in [0.25, 0.3) is 0 Å². The van der Waals surface area contributed by atoms with Crippen LogP contribution < -0.4 is 5.32 Å². The maximum atomic E-state index is 12.0. The fourth-order valence-corrected chi connectivity index (χ4v) is 4.56. The summed E-state index contributed by atoms with van der Waals surface area (Å²) in [6, 6.07) is -0.820. The maximum Gasteiger partial charge on any atom is 0.220 e. The third-order valence-corrected chi connectivity index (χ3v) is 7.26. The molecule has 7 unspecified atom stereocenters. The van der Waals surface area contributed by atoms with Gasteiger partial charge in [-0.3, -0.25) is 4.79 Å². The molecule has 1 rings (SSSR count). The van der Waals surface area contributed by atoms with Crippen LogP contribution in [0.1, 0.15) is 104 Å². The van der Waals surface area contributed by atoms with Crippen LogP contribution in [0.4, 0.5) is 0 Å². The largest absolute Gasteiger partial charge is 0.394 e. The average Bonchev–Trinajstić information content (AvgIpc) is 2.97. The quantitative estimate of drug-likeness (QED) is 0.0786. The van der Waals surface area contributed by atoms with Crippen LogP contribution in [0.15, 0.2) is 36.5 Å². The van der Waals surface area contributed by atoms with Crippen LogP contribution in [0, 0.1) is 0 Å². The number of ether oxygens (including phenoxy) is 2. The Hall–Kier alpha value is -1.59. The number of hydrogen-bond acceptors (Lipinski definition) is 8. The van der Waals surface area contributed by atoms with Gasteiger partial charge in [-0.15, -0.1) is 0 Å². The van der Waals surface area contributed by atoms with Gasteiger partial charge < -0.3 is 40.3 Å². The summed E-state index contributed by atoms with van der Waals surface area (Å²) in [5, 5.41) is 52.7. The van der Waals surface area contributed by atoms with E-state index < -0.39 is 49.5 Å². The number of aliphatic hydroxyl groups is 5. The monoisotopic (exact) mass is 583 g/mol. The lowest BCUT2D eigenvalue weighted by Crippen LogP contribution is -2.60. The number of unbranched alkanes of at least 4 members (excludes halogenated alkanes) is 10. The first-order valence-corrected chi connectivity index (χ1v) is 15.7. The lowest BCUT2D eigenvalue weighted by Gasteiger charge is -2.40. The Morgan fingerprint density at radius 3 is 1.95 bits per heavy atom. The Morgan fingerprint density at radius 2 is 1.37 bits per heavy atom. The Morgan fingerprint density at radius 1 is 0.805 bits per heavy atom. The molecule has 0 spiro atoms. The Labute approximate surface area is 247 Å². The molecule has 1 aliphatic heterocycles. The van der Waals surface area contributed by atoms with Crippen molar-refractivity contribution in [2.45, 2.75) is 147 Å². The predicted octanol–water partition coefficient (Wildman–Crippen LogP) is 3.82. The van der Waals surface area contributed by atoms with Crippen LogP contribution in [0.5, 0.6) is 0 Å². The lowest BCUT2D eigenvalue weighted by molar-refractivity contribution is -0.302. The molecule has 1 fully saturated rings. The second-order valence-electron chi connectivity index (χ2n) is 10.8. The molecular weight excluding hydrogens is 526 g/mol. The van der Waals surface area contributed by atoms with E-state index in [1.54, 1.807) is 13.0 Å². The van der Waals surface area contributed by atoms with Gasteiger partial charge in [0, 0.05) is 6.42 Å². The smallest absolute Gasteiger partial charge is 0.220 e. The van der Waals surface area contributed by atoms with Crippen molar-refractivity contribution in [3.05, 3.63) is 36.5 Å². The van der Waals surface area contributed by atoms with Gasteiger partial charge in [-0.1, -0.05) is 95.2 Å². The highest BCUT2D eigenvalue weighted by atomic mass is 16.7. The molecule has 9 heteroatoms. The van der Waals surface area contributed by atoms with Gasteiger partial charge in [0.05, 0.1) is 25.4 Å². The molecule has 0 aromatic rings. The molecule has 0 radical (unpaired) electrons. The SMILES string of the molecule is CCCCCCCCCC/C=C/CC/C=C/CC/C=C/C(O)C(COC1OC(CO)C(O)C(O)C1O)NC(=O)CC. The molecule has 0 saturated carbocycles. The topological polar surface area (TPSA) is 149 Å². The van der Waals surface area contributed by atoms with E-state index in [2.05, 4.69) is 36.5 Å². The van der Waals surface area contributed by atoms with Gasteiger partial charge in [0.15, 0.2) is 6.29 Å². The molecule has 0 aromatic heterocycles. The standard InChI is InChI=1S/C32H57NO8/c1-3-5-6-7-8-9-10-11-12-13-14-15-16-17-18-19-20-21-22-26(35)25(33-28(36)4-2)24-40-32-31(39)30(38)29(37)27(23-34)41-32/h13-14,17-18,21-22,25-27,29-32,34-35,37-39H,3-12,15-16,19-20,23-24H2,1-2H3,(H,33,36)/b14-13+,18-17+,22-21+. The average molecular weight is 584 g/mol. The Balaban J connectivity index is 2.30. The van der Waals surface area contributed by atoms with Crippen molar-refractivity contribution in [3.63, 3.8) is 0 Å². The molecule has 1 amide bonds. The second-order valence-corrected chi connectivity index (χ2v) is 10.8. The first kappa shape index (κ1) is 37.4. The minimum absolute atomic E-state index is 0.214. The summed E-state index contributed by atoms with van der Waals surface area (Å²) in [4.78, 5) is 12.0. The van der Waals surface area contributed by atoms with Crippen LogP contribution in [0.3, 0.4) is 0 Å². The van der Waals surface area contributed by atoms with Gasteiger partial charge in [-0.05, 0) is 38.5 Å². The highest BCUT2D eigenvalue weighted by Crippen LogP contribution is 2.22. The highest BCUT2D eigenvalue weighted by molar-refractivity contribution is 5.75. The van der Waals surface area contributed by atoms with Crippen molar-refractivity contribution >= 4 is 5.91 Å². The molecule has 1 aliphatic rings. The van der Waals surface area contributed by atoms with E-state index in [0.717, 1.165) is 25.7 Å². The third kappa shape index (κ3) is 16.6. The highest BCUT2D eigenvalue weighted by Gasteiger charge is 2.44. The summed E-state index contributed by atoms with van der Waals surface area (Å²) in [7, 11) is 0. The first-order valence-electron chi connectivity index (χ1n) is 15.7. The lowest BCUT2D eigenvalue weighted by atomic mass is 9.99. The van der Waals surface area contributed by atoms with Crippen LogP contribution in [0.2, 0.25) is 0 Å². The van der Waals surface area contributed by atoms with Crippen molar-refractivity contribution in [2.75, 3.05) is 13.2 Å². The van der Waals surface area contributed by atoms with E-state index in [1.165, 1.54) is 57.8 Å². The zero-order valence-electron chi connectivity index (χ0n) is 25.3. The van der Waals surface area contributed by atoms with Crippen molar-refractivity contribution in [1.29, 1.82) is 0 Å². The number of nitrogens with one attached hydrogen (secondary N) is 1. The van der Waals surface area contributed by atoms with Crippen LogP contribution >= 0.6 is 0 Å². The molecule has 238 valence electrons. The first-order chi connectivity index (χ1) is 19.8. The van der Waals surface area contributed by atoms with Crippen molar-refractivity contribution in [1.82, 2.24) is 5.32 Å². The molecule has 6 N–H and O–H groups in total. The molecule has 0 bridgehead atoms. The zero-order chi connectivity index (χ0) is 30.3. The summed E-state index contributed by atoms with van der Waals surface area (Å²) in [5.41, 5.74) is 0. The van der Waals surface area contributed by atoms with Crippen molar-refractivity contribution < 1.29 is 39.8 Å². The molecule has 1 saturated heterocycles. The number of carbonyl (C=O) groups is 1. The van der Waals surface area contributed by atoms with Crippen LogP contribution in [0.25, 0.3) is 0 Å². The van der Waals surface area contributed by atoms with Gasteiger partial charge in [-0.2, -0.15) is 0 Å². The van der Waals surface area contributed by atoms with Gasteiger partial charge in [-0.25, -0.2) is 0 Å². The van der Waals surface area contributed by atoms with E-state index in [0.29, 0.717) is 0 Å². The third-order valence-electron chi connectivity index (χ3n) is 7.26. The fraction of sp³-hybridized carbons (Fsp3) is 0.781. The van der Waals surface area contributed by atoms with Gasteiger partial charge >= 0.3 is 0 Å². The summed E-state index contributed by atoms with van der Waals surface area (Å²) in [6.07, 6.45) is 19.9. The number of rotatable bonds is 23. The van der Waals surface area contributed by atoms with Gasteiger partial charge in [0.1, 0.15) is 24.4 Å². The number of hydrogen-bond donors (Lipinski definition) is 6. The minimum Gasteiger partial charge on any atom is -0.394 e. The van der Waals surface area contributed by atoms with Gasteiger partial charge in [0.2, 0.25) is 5.91 Å². The second kappa shape index (κ2) is 23.9. The number of amides is 1. The molecule has 9 nitrogen and oxygen atoms in total. The summed E-state index contributed by atoms with van der Waals surface area (Å²) in [5.74, 6) is -0.283. The van der Waals surface area contributed by atoms with E-state index in [9.17, 15) is 30.3 Å². The molecule has 7 atom stereocenters. The number of aliphatic hydroxyl groups excluding tert-OH is 5. The molecule has 41 heavy (non-hydrogen) atoms. The Kier molecular flexibility index (Phi) is 21.8. The maximum absolute atomic E-state index is 12.0. The molecule has 1 heterocycles. The normalized spacial score (nSPS) is 24.9. The number of allylic oxidation sites excluding steroid dienone is 5.